The van der Waals surface area contributed by atoms with Crippen LogP contribution in [-0.4, -0.2) is 59.0 Å². The van der Waals surface area contributed by atoms with Crippen molar-refractivity contribution in [3.63, 3.8) is 0 Å². The van der Waals surface area contributed by atoms with E-state index in [1.54, 1.807) is 9.80 Å². The summed E-state index contributed by atoms with van der Waals surface area (Å²) in [6.07, 6.45) is 3.60. The lowest BCUT2D eigenvalue weighted by Gasteiger charge is -2.38. The highest BCUT2D eigenvalue weighted by Gasteiger charge is 2.38. The minimum atomic E-state index is -0.697. The molecule has 6 nitrogen and oxygen atoms in total. The fourth-order valence-electron chi connectivity index (χ4n) is 3.95. The smallest absolute Gasteiger partial charge is 0.249 e. The zero-order valence-corrected chi connectivity index (χ0v) is 16.2. The normalized spacial score (nSPS) is 18.4. The molecule has 0 radical (unpaired) electrons. The van der Waals surface area contributed by atoms with E-state index < -0.39 is 17.7 Å². The maximum absolute atomic E-state index is 14.6. The van der Waals surface area contributed by atoms with E-state index in [0.29, 0.717) is 13.1 Å². The Morgan fingerprint density at radius 1 is 1.21 bits per heavy atom. The van der Waals surface area contributed by atoms with Crippen molar-refractivity contribution in [1.82, 2.24) is 14.4 Å². The zero-order valence-electron chi connectivity index (χ0n) is 16.2. The lowest BCUT2D eigenvalue weighted by molar-refractivity contribution is -0.144. The van der Waals surface area contributed by atoms with E-state index in [-0.39, 0.29) is 36.6 Å². The molecule has 1 aromatic heterocycles. The number of ether oxygens (including phenoxy) is 1. The summed E-state index contributed by atoms with van der Waals surface area (Å²) in [5.74, 6) is -1.85. The topological polar surface area (TPSA) is 54.8 Å². The summed E-state index contributed by atoms with van der Waals surface area (Å²) < 4.78 is 35.0. The van der Waals surface area contributed by atoms with Crippen molar-refractivity contribution in [3.8, 4) is 0 Å². The van der Waals surface area contributed by atoms with E-state index in [4.69, 9.17) is 4.74 Å². The second kappa shape index (κ2) is 7.94. The Labute approximate surface area is 167 Å². The first-order chi connectivity index (χ1) is 14.0. The number of amides is 2. The van der Waals surface area contributed by atoms with Gasteiger partial charge in [0.05, 0.1) is 0 Å². The van der Waals surface area contributed by atoms with Crippen LogP contribution in [0.2, 0.25) is 0 Å². The zero-order chi connectivity index (χ0) is 20.5. The van der Waals surface area contributed by atoms with Gasteiger partial charge >= 0.3 is 0 Å². The summed E-state index contributed by atoms with van der Waals surface area (Å²) in [4.78, 5) is 28.7. The SMILES string of the molecule is COCC(=O)N(CC(=O)N1CCn2cccc2[C@H]1c1ccc(F)cc1F)C1CC1. The number of aromatic nitrogens is 1. The van der Waals surface area contributed by atoms with E-state index in [2.05, 4.69) is 0 Å². The molecule has 2 aliphatic rings. The average Bonchev–Trinajstić information content (AvgIpc) is 3.41. The van der Waals surface area contributed by atoms with E-state index in [1.807, 2.05) is 22.9 Å². The Bertz CT molecular complexity index is 926. The molecule has 1 fully saturated rings. The number of hydrogen-bond acceptors (Lipinski definition) is 3. The van der Waals surface area contributed by atoms with Crippen molar-refractivity contribution in [2.45, 2.75) is 31.5 Å². The average molecular weight is 403 g/mol. The molecule has 2 heterocycles. The summed E-state index contributed by atoms with van der Waals surface area (Å²) in [6.45, 7) is 0.789. The standard InChI is InChI=1S/C21H23F2N3O3/c1-29-13-20(28)26(15-5-6-15)12-19(27)25-10-9-24-8-2-3-18(24)21(25)16-7-4-14(22)11-17(16)23/h2-4,7-8,11,15,21H,5-6,9-10,12-13H2,1H3/t21-/m1/s1. The van der Waals surface area contributed by atoms with Crippen LogP contribution in [0.25, 0.3) is 0 Å². The first kappa shape index (κ1) is 19.6. The van der Waals surface area contributed by atoms with E-state index in [9.17, 15) is 18.4 Å². The molecule has 1 aliphatic heterocycles. The first-order valence-electron chi connectivity index (χ1n) is 9.67. The Kier molecular flexibility index (Phi) is 5.36. The van der Waals surface area contributed by atoms with Crippen LogP contribution in [0.5, 0.6) is 0 Å². The number of rotatable bonds is 6. The predicted molar refractivity (Wildman–Crippen MR) is 101 cm³/mol. The Morgan fingerprint density at radius 2 is 2.00 bits per heavy atom. The van der Waals surface area contributed by atoms with Crippen molar-refractivity contribution in [2.24, 2.45) is 0 Å². The van der Waals surface area contributed by atoms with Gasteiger partial charge in [0.25, 0.3) is 0 Å². The highest BCUT2D eigenvalue weighted by atomic mass is 19.1. The van der Waals surface area contributed by atoms with Gasteiger partial charge in [-0.15, -0.1) is 0 Å². The van der Waals surface area contributed by atoms with Crippen LogP contribution in [0, 0.1) is 11.6 Å². The van der Waals surface area contributed by atoms with Crippen LogP contribution in [0.3, 0.4) is 0 Å². The number of carbonyl (C=O) groups is 2. The molecule has 2 amide bonds. The van der Waals surface area contributed by atoms with Gasteiger partial charge in [-0.2, -0.15) is 0 Å². The lowest BCUT2D eigenvalue weighted by Crippen LogP contribution is -2.49. The third-order valence-corrected chi connectivity index (χ3v) is 5.50. The van der Waals surface area contributed by atoms with Crippen LogP contribution in [0.1, 0.15) is 30.1 Å². The molecule has 0 saturated heterocycles. The van der Waals surface area contributed by atoms with Gasteiger partial charge < -0.3 is 19.1 Å². The molecule has 1 aliphatic carbocycles. The highest BCUT2D eigenvalue weighted by molar-refractivity contribution is 5.86. The Hall–Kier alpha value is -2.74. The number of carbonyl (C=O) groups excluding carboxylic acids is 2. The van der Waals surface area contributed by atoms with Crippen LogP contribution < -0.4 is 0 Å². The quantitative estimate of drug-likeness (QED) is 0.744. The van der Waals surface area contributed by atoms with E-state index >= 15 is 0 Å². The third-order valence-electron chi connectivity index (χ3n) is 5.50. The van der Waals surface area contributed by atoms with Gasteiger partial charge in [0, 0.05) is 49.8 Å². The molecule has 8 heteroatoms. The van der Waals surface area contributed by atoms with E-state index in [0.717, 1.165) is 24.6 Å². The number of halogens is 2. The minimum Gasteiger partial charge on any atom is -0.375 e. The largest absolute Gasteiger partial charge is 0.375 e. The van der Waals surface area contributed by atoms with Gasteiger partial charge in [0.2, 0.25) is 11.8 Å². The summed E-state index contributed by atoms with van der Waals surface area (Å²) >= 11 is 0. The number of hydrogen-bond donors (Lipinski definition) is 0. The molecule has 0 spiro atoms. The number of methoxy groups -OCH3 is 1. The van der Waals surface area contributed by atoms with Crippen molar-refractivity contribution in [3.05, 3.63) is 59.4 Å². The molecule has 0 N–H and O–H groups in total. The van der Waals surface area contributed by atoms with Crippen molar-refractivity contribution in [2.75, 3.05) is 26.8 Å². The van der Waals surface area contributed by atoms with Crippen molar-refractivity contribution in [1.29, 1.82) is 0 Å². The van der Waals surface area contributed by atoms with Gasteiger partial charge in [-0.1, -0.05) is 6.07 Å². The van der Waals surface area contributed by atoms with Crippen LogP contribution in [-0.2, 0) is 20.9 Å². The second-order valence-corrected chi connectivity index (χ2v) is 7.47. The van der Waals surface area contributed by atoms with Crippen molar-refractivity contribution >= 4 is 11.8 Å². The number of nitrogens with zero attached hydrogens (tertiary/aromatic N) is 3. The van der Waals surface area contributed by atoms with E-state index in [1.165, 1.54) is 19.2 Å². The maximum Gasteiger partial charge on any atom is 0.249 e. The van der Waals surface area contributed by atoms with Crippen LogP contribution >= 0.6 is 0 Å². The van der Waals surface area contributed by atoms with Gasteiger partial charge in [0.15, 0.2) is 0 Å². The summed E-state index contributed by atoms with van der Waals surface area (Å²) in [5, 5.41) is 0. The summed E-state index contributed by atoms with van der Waals surface area (Å²) in [5.41, 5.74) is 0.997. The lowest BCUT2D eigenvalue weighted by atomic mass is 9.99. The van der Waals surface area contributed by atoms with Gasteiger partial charge in [-0.3, -0.25) is 9.59 Å². The van der Waals surface area contributed by atoms with Crippen LogP contribution in [0.4, 0.5) is 8.78 Å². The number of benzene rings is 1. The molecule has 0 unspecified atom stereocenters. The monoisotopic (exact) mass is 403 g/mol. The molecular formula is C21H23F2N3O3. The Balaban J connectivity index is 1.64. The van der Waals surface area contributed by atoms with Gasteiger partial charge in [0.1, 0.15) is 30.8 Å². The second-order valence-electron chi connectivity index (χ2n) is 7.47. The Morgan fingerprint density at radius 3 is 2.69 bits per heavy atom. The molecule has 29 heavy (non-hydrogen) atoms. The van der Waals surface area contributed by atoms with Crippen molar-refractivity contribution < 1.29 is 23.1 Å². The molecule has 4 rings (SSSR count). The molecule has 0 bridgehead atoms. The number of fused-ring (bicyclic) bond motifs is 1. The highest BCUT2D eigenvalue weighted by Crippen LogP contribution is 2.35. The maximum atomic E-state index is 14.6. The predicted octanol–water partition coefficient (Wildman–Crippen LogP) is 2.34. The molecule has 1 atom stereocenters. The van der Waals surface area contributed by atoms with Gasteiger partial charge in [-0.05, 0) is 31.0 Å². The minimum absolute atomic E-state index is 0.0521. The summed E-state index contributed by atoms with van der Waals surface area (Å²) in [6, 6.07) is 6.46. The molecular weight excluding hydrogens is 380 g/mol. The molecule has 1 saturated carbocycles. The first-order valence-corrected chi connectivity index (χ1v) is 9.67. The third kappa shape index (κ3) is 3.89. The molecule has 154 valence electrons. The molecule has 2 aromatic rings. The fourth-order valence-corrected chi connectivity index (χ4v) is 3.95. The molecule has 1 aromatic carbocycles. The fraction of sp³-hybridized carbons (Fsp3) is 0.429. The summed E-state index contributed by atoms with van der Waals surface area (Å²) in [7, 11) is 1.44. The van der Waals surface area contributed by atoms with Crippen LogP contribution in [0.15, 0.2) is 36.5 Å². The van der Waals surface area contributed by atoms with Gasteiger partial charge in [-0.25, -0.2) is 8.78 Å².